The number of benzene rings is 1. The molecule has 1 aliphatic carbocycles. The Morgan fingerprint density at radius 3 is 2.22 bits per heavy atom. The summed E-state index contributed by atoms with van der Waals surface area (Å²) < 4.78 is 39.4. The summed E-state index contributed by atoms with van der Waals surface area (Å²) in [6.07, 6.45) is 7.13. The quantitative estimate of drug-likeness (QED) is 0.838. The van der Waals surface area contributed by atoms with Gasteiger partial charge in [0.25, 0.3) is 0 Å². The molecule has 0 unspecified atom stereocenters. The van der Waals surface area contributed by atoms with E-state index in [0.29, 0.717) is 24.6 Å². The van der Waals surface area contributed by atoms with Crippen LogP contribution in [0.15, 0.2) is 12.1 Å². The van der Waals surface area contributed by atoms with Gasteiger partial charge in [-0.3, -0.25) is 0 Å². The Morgan fingerprint density at radius 2 is 1.61 bits per heavy atom. The van der Waals surface area contributed by atoms with Gasteiger partial charge in [-0.2, -0.15) is 0 Å². The molecule has 100 valence electrons. The van der Waals surface area contributed by atoms with Crippen molar-refractivity contribution in [3.05, 3.63) is 29.6 Å². The summed E-state index contributed by atoms with van der Waals surface area (Å²) in [5.41, 5.74) is -0.216. The summed E-state index contributed by atoms with van der Waals surface area (Å²) >= 11 is 0. The molecule has 0 bridgehead atoms. The third kappa shape index (κ3) is 3.40. The van der Waals surface area contributed by atoms with Crippen LogP contribution in [0.3, 0.4) is 0 Å². The van der Waals surface area contributed by atoms with Crippen LogP contribution >= 0.6 is 0 Å². The standard InChI is InChI=1S/C14H18F3N/c15-11-8-12(16)14(13(17)9-11)18-7-6-10-4-2-1-3-5-10/h8-10,18H,1-7H2. The first-order valence-electron chi connectivity index (χ1n) is 6.55. The lowest BCUT2D eigenvalue weighted by atomic mass is 9.87. The van der Waals surface area contributed by atoms with Crippen LogP contribution in [0.5, 0.6) is 0 Å². The van der Waals surface area contributed by atoms with Crippen molar-refractivity contribution < 1.29 is 13.2 Å². The number of hydrogen-bond donors (Lipinski definition) is 1. The van der Waals surface area contributed by atoms with Crippen molar-refractivity contribution in [2.24, 2.45) is 5.92 Å². The number of anilines is 1. The van der Waals surface area contributed by atoms with E-state index in [4.69, 9.17) is 0 Å². The molecule has 1 aromatic rings. The van der Waals surface area contributed by atoms with Gasteiger partial charge in [0, 0.05) is 18.7 Å². The van der Waals surface area contributed by atoms with Gasteiger partial charge in [0.15, 0.2) is 11.6 Å². The van der Waals surface area contributed by atoms with Crippen LogP contribution in [-0.4, -0.2) is 6.54 Å². The molecule has 0 aromatic heterocycles. The van der Waals surface area contributed by atoms with E-state index in [9.17, 15) is 13.2 Å². The summed E-state index contributed by atoms with van der Waals surface area (Å²) in [7, 11) is 0. The molecule has 0 amide bonds. The van der Waals surface area contributed by atoms with E-state index in [2.05, 4.69) is 5.32 Å². The highest BCUT2D eigenvalue weighted by atomic mass is 19.1. The molecule has 1 N–H and O–H groups in total. The zero-order valence-corrected chi connectivity index (χ0v) is 10.3. The van der Waals surface area contributed by atoms with E-state index < -0.39 is 17.5 Å². The van der Waals surface area contributed by atoms with E-state index in [0.717, 1.165) is 6.42 Å². The molecule has 1 saturated carbocycles. The van der Waals surface area contributed by atoms with E-state index in [-0.39, 0.29) is 5.69 Å². The Balaban J connectivity index is 1.86. The zero-order chi connectivity index (χ0) is 13.0. The molecule has 0 atom stereocenters. The van der Waals surface area contributed by atoms with Crippen molar-refractivity contribution in [1.82, 2.24) is 0 Å². The fraction of sp³-hybridized carbons (Fsp3) is 0.571. The predicted octanol–water partition coefficient (Wildman–Crippen LogP) is 4.49. The first-order valence-corrected chi connectivity index (χ1v) is 6.55. The highest BCUT2D eigenvalue weighted by molar-refractivity contribution is 5.46. The summed E-state index contributed by atoms with van der Waals surface area (Å²) in [6, 6.07) is 1.40. The van der Waals surface area contributed by atoms with Crippen molar-refractivity contribution >= 4 is 5.69 Å². The molecule has 0 spiro atoms. The lowest BCUT2D eigenvalue weighted by molar-refractivity contribution is 0.345. The topological polar surface area (TPSA) is 12.0 Å². The molecular weight excluding hydrogens is 239 g/mol. The molecule has 0 radical (unpaired) electrons. The molecular formula is C14H18F3N. The van der Waals surface area contributed by atoms with Crippen molar-refractivity contribution in [1.29, 1.82) is 0 Å². The molecule has 2 rings (SSSR count). The number of nitrogens with one attached hydrogen (secondary N) is 1. The molecule has 0 heterocycles. The average Bonchev–Trinajstić information content (AvgIpc) is 2.34. The fourth-order valence-electron chi connectivity index (χ4n) is 2.59. The van der Waals surface area contributed by atoms with Gasteiger partial charge in [0.2, 0.25) is 0 Å². The van der Waals surface area contributed by atoms with Crippen LogP contribution in [-0.2, 0) is 0 Å². The minimum atomic E-state index is -0.886. The Morgan fingerprint density at radius 1 is 1.00 bits per heavy atom. The highest BCUT2D eigenvalue weighted by Gasteiger charge is 2.14. The summed E-state index contributed by atoms with van der Waals surface area (Å²) in [5.74, 6) is -1.96. The first kappa shape index (κ1) is 13.2. The summed E-state index contributed by atoms with van der Waals surface area (Å²) in [5, 5.41) is 2.74. The first-order chi connectivity index (χ1) is 8.66. The SMILES string of the molecule is Fc1cc(F)c(NCCC2CCCCC2)c(F)c1. The minimum Gasteiger partial charge on any atom is -0.380 e. The molecule has 18 heavy (non-hydrogen) atoms. The molecule has 1 fully saturated rings. The Labute approximate surface area is 105 Å². The predicted molar refractivity (Wildman–Crippen MR) is 66.0 cm³/mol. The summed E-state index contributed by atoms with van der Waals surface area (Å²) in [6.45, 7) is 0.532. The Kier molecular flexibility index (Phi) is 4.50. The maximum atomic E-state index is 13.3. The van der Waals surface area contributed by atoms with Crippen LogP contribution < -0.4 is 5.32 Å². The van der Waals surface area contributed by atoms with E-state index in [1.807, 2.05) is 0 Å². The van der Waals surface area contributed by atoms with Gasteiger partial charge in [-0.05, 0) is 12.3 Å². The van der Waals surface area contributed by atoms with E-state index in [1.165, 1.54) is 32.1 Å². The third-order valence-electron chi connectivity index (χ3n) is 3.59. The monoisotopic (exact) mass is 257 g/mol. The lowest BCUT2D eigenvalue weighted by Crippen LogP contribution is -2.13. The van der Waals surface area contributed by atoms with Crippen LogP contribution in [0, 0.1) is 23.4 Å². The number of halogens is 3. The third-order valence-corrected chi connectivity index (χ3v) is 3.59. The van der Waals surface area contributed by atoms with Crippen LogP contribution in [0.1, 0.15) is 38.5 Å². The Bertz CT molecular complexity index is 377. The molecule has 1 aliphatic rings. The van der Waals surface area contributed by atoms with Gasteiger partial charge in [-0.1, -0.05) is 32.1 Å². The second-order valence-corrected chi connectivity index (χ2v) is 4.96. The maximum Gasteiger partial charge on any atom is 0.152 e. The van der Waals surface area contributed by atoms with Crippen LogP contribution in [0.25, 0.3) is 0 Å². The number of hydrogen-bond acceptors (Lipinski definition) is 1. The van der Waals surface area contributed by atoms with E-state index in [1.54, 1.807) is 0 Å². The molecule has 0 saturated heterocycles. The van der Waals surface area contributed by atoms with Crippen LogP contribution in [0.2, 0.25) is 0 Å². The molecule has 0 aliphatic heterocycles. The van der Waals surface area contributed by atoms with Crippen molar-refractivity contribution in [3.63, 3.8) is 0 Å². The van der Waals surface area contributed by atoms with Gasteiger partial charge in [0.1, 0.15) is 11.5 Å². The van der Waals surface area contributed by atoms with Gasteiger partial charge in [-0.25, -0.2) is 13.2 Å². The molecule has 1 nitrogen and oxygen atoms in total. The summed E-state index contributed by atoms with van der Waals surface area (Å²) in [4.78, 5) is 0. The largest absolute Gasteiger partial charge is 0.380 e. The van der Waals surface area contributed by atoms with Crippen molar-refractivity contribution in [3.8, 4) is 0 Å². The average molecular weight is 257 g/mol. The number of rotatable bonds is 4. The van der Waals surface area contributed by atoms with E-state index >= 15 is 0 Å². The second-order valence-electron chi connectivity index (χ2n) is 4.96. The molecule has 1 aromatic carbocycles. The fourth-order valence-corrected chi connectivity index (χ4v) is 2.59. The van der Waals surface area contributed by atoms with Gasteiger partial charge in [-0.15, -0.1) is 0 Å². The Hall–Kier alpha value is -1.19. The second kappa shape index (κ2) is 6.12. The van der Waals surface area contributed by atoms with Gasteiger partial charge in [0.05, 0.1) is 0 Å². The highest BCUT2D eigenvalue weighted by Crippen LogP contribution is 2.27. The van der Waals surface area contributed by atoms with Gasteiger partial charge >= 0.3 is 0 Å². The lowest BCUT2D eigenvalue weighted by Gasteiger charge is -2.21. The van der Waals surface area contributed by atoms with Crippen molar-refractivity contribution in [2.75, 3.05) is 11.9 Å². The normalized spacial score (nSPS) is 16.8. The minimum absolute atomic E-state index is 0.216. The maximum absolute atomic E-state index is 13.3. The van der Waals surface area contributed by atoms with Crippen LogP contribution in [0.4, 0.5) is 18.9 Å². The zero-order valence-electron chi connectivity index (χ0n) is 10.3. The smallest absolute Gasteiger partial charge is 0.152 e. The van der Waals surface area contributed by atoms with Crippen molar-refractivity contribution in [2.45, 2.75) is 38.5 Å². The van der Waals surface area contributed by atoms with Gasteiger partial charge < -0.3 is 5.32 Å². The molecule has 4 heteroatoms.